The van der Waals surface area contributed by atoms with Crippen LogP contribution in [0.25, 0.3) is 10.7 Å². The molecule has 25 heavy (non-hydrogen) atoms. The summed E-state index contributed by atoms with van der Waals surface area (Å²) in [6.45, 7) is 0.605. The normalized spacial score (nSPS) is 10.6. The van der Waals surface area contributed by atoms with Crippen molar-refractivity contribution in [1.82, 2.24) is 20.5 Å². The van der Waals surface area contributed by atoms with E-state index in [4.69, 9.17) is 4.74 Å². The molecule has 1 amide bonds. The number of H-pyrrole nitrogens is 1. The largest absolute Gasteiger partial charge is 0.492 e. The predicted octanol–water partition coefficient (Wildman–Crippen LogP) is 2.96. The summed E-state index contributed by atoms with van der Waals surface area (Å²) in [5.74, 6) is 0.843. The van der Waals surface area contributed by atoms with Crippen molar-refractivity contribution in [3.63, 3.8) is 0 Å². The Hall–Kier alpha value is -2.39. The molecule has 0 bridgehead atoms. The zero-order valence-electron chi connectivity index (χ0n) is 13.1. The monoisotopic (exact) mass is 378 g/mol. The fourth-order valence-corrected chi connectivity index (χ4v) is 3.22. The summed E-state index contributed by atoms with van der Waals surface area (Å²) in [5.41, 5.74) is 0. The number of benzene rings is 1. The number of hydrogen-bond acceptors (Lipinski definition) is 6. The molecule has 3 rings (SSSR count). The molecular formula is C16H15FN4O2S2. The van der Waals surface area contributed by atoms with E-state index < -0.39 is 0 Å². The van der Waals surface area contributed by atoms with Crippen molar-refractivity contribution in [3.05, 3.63) is 47.6 Å². The molecule has 0 aliphatic carbocycles. The quantitative estimate of drug-likeness (QED) is 0.465. The molecule has 2 N–H and O–H groups in total. The Morgan fingerprint density at radius 2 is 2.28 bits per heavy atom. The van der Waals surface area contributed by atoms with Crippen LogP contribution in [0.15, 0.2) is 46.9 Å². The van der Waals surface area contributed by atoms with E-state index in [-0.39, 0.29) is 24.1 Å². The number of thiophene rings is 1. The third-order valence-corrected chi connectivity index (χ3v) is 4.76. The first-order valence-electron chi connectivity index (χ1n) is 7.45. The first-order valence-corrected chi connectivity index (χ1v) is 9.31. The maximum Gasteiger partial charge on any atom is 0.230 e. The first-order chi connectivity index (χ1) is 12.2. The molecule has 0 saturated carbocycles. The molecular weight excluding hydrogens is 363 g/mol. The van der Waals surface area contributed by atoms with Crippen molar-refractivity contribution >= 4 is 29.0 Å². The minimum Gasteiger partial charge on any atom is -0.492 e. The van der Waals surface area contributed by atoms with Gasteiger partial charge in [0.25, 0.3) is 0 Å². The molecule has 0 aliphatic rings. The summed E-state index contributed by atoms with van der Waals surface area (Å²) in [7, 11) is 0. The molecule has 0 atom stereocenters. The standard InChI is InChI=1S/C16H15FN4O2S2/c17-11-3-1-4-12(9-11)23-7-6-18-14(22)10-25-16-19-15(20-21-16)13-5-2-8-24-13/h1-5,8-9H,6-7,10H2,(H,18,22)(H,19,20,21). The molecule has 0 unspecified atom stereocenters. The lowest BCUT2D eigenvalue weighted by molar-refractivity contribution is -0.118. The minimum absolute atomic E-state index is 0.143. The highest BCUT2D eigenvalue weighted by Gasteiger charge is 2.09. The molecule has 1 aromatic carbocycles. The summed E-state index contributed by atoms with van der Waals surface area (Å²) in [6.07, 6.45) is 0. The van der Waals surface area contributed by atoms with Gasteiger partial charge in [-0.2, -0.15) is 0 Å². The van der Waals surface area contributed by atoms with E-state index >= 15 is 0 Å². The second-order valence-corrected chi connectivity index (χ2v) is 6.78. The van der Waals surface area contributed by atoms with Gasteiger partial charge in [0.2, 0.25) is 11.1 Å². The average Bonchev–Trinajstić information content (AvgIpc) is 3.28. The molecule has 2 aromatic heterocycles. The van der Waals surface area contributed by atoms with E-state index in [1.54, 1.807) is 23.5 Å². The van der Waals surface area contributed by atoms with Gasteiger partial charge in [-0.3, -0.25) is 9.89 Å². The first kappa shape index (κ1) is 17.4. The zero-order valence-corrected chi connectivity index (χ0v) is 14.7. The summed E-state index contributed by atoms with van der Waals surface area (Å²) < 4.78 is 18.3. The summed E-state index contributed by atoms with van der Waals surface area (Å²) in [6, 6.07) is 9.76. The molecule has 0 fully saturated rings. The Morgan fingerprint density at radius 3 is 3.08 bits per heavy atom. The van der Waals surface area contributed by atoms with Gasteiger partial charge < -0.3 is 10.1 Å². The maximum atomic E-state index is 13.0. The smallest absolute Gasteiger partial charge is 0.230 e. The van der Waals surface area contributed by atoms with Crippen LogP contribution in [0.5, 0.6) is 5.75 Å². The number of hydrogen-bond donors (Lipinski definition) is 2. The van der Waals surface area contributed by atoms with Crippen molar-refractivity contribution < 1.29 is 13.9 Å². The predicted molar refractivity (Wildman–Crippen MR) is 95.3 cm³/mol. The average molecular weight is 378 g/mol. The summed E-state index contributed by atoms with van der Waals surface area (Å²) >= 11 is 2.82. The number of halogens is 1. The van der Waals surface area contributed by atoms with E-state index in [9.17, 15) is 9.18 Å². The Morgan fingerprint density at radius 1 is 1.36 bits per heavy atom. The Balaban J connectivity index is 1.35. The number of rotatable bonds is 8. The van der Waals surface area contributed by atoms with Gasteiger partial charge in [-0.05, 0) is 23.6 Å². The fraction of sp³-hybridized carbons (Fsp3) is 0.188. The number of nitrogens with one attached hydrogen (secondary N) is 2. The number of aromatic nitrogens is 3. The van der Waals surface area contributed by atoms with Crippen LogP contribution in [0.1, 0.15) is 0 Å². The highest BCUT2D eigenvalue weighted by atomic mass is 32.2. The van der Waals surface area contributed by atoms with Crippen LogP contribution >= 0.6 is 23.1 Å². The topological polar surface area (TPSA) is 79.9 Å². The number of ether oxygens (including phenoxy) is 1. The number of carbonyl (C=O) groups excluding carboxylic acids is 1. The summed E-state index contributed by atoms with van der Waals surface area (Å²) in [4.78, 5) is 17.1. The van der Waals surface area contributed by atoms with Crippen molar-refractivity contribution in [2.45, 2.75) is 5.16 Å². The van der Waals surface area contributed by atoms with Gasteiger partial charge in [0.1, 0.15) is 18.2 Å². The lowest BCUT2D eigenvalue weighted by Gasteiger charge is -2.07. The third kappa shape index (κ3) is 5.30. The van der Waals surface area contributed by atoms with Gasteiger partial charge in [0.15, 0.2) is 5.82 Å². The molecule has 2 heterocycles. The molecule has 0 radical (unpaired) electrons. The number of thioether (sulfide) groups is 1. The van der Waals surface area contributed by atoms with Crippen LogP contribution in [0.4, 0.5) is 4.39 Å². The van der Waals surface area contributed by atoms with Gasteiger partial charge in [0.05, 0.1) is 17.2 Å². The highest BCUT2D eigenvalue weighted by Crippen LogP contribution is 2.22. The van der Waals surface area contributed by atoms with E-state index in [0.29, 0.717) is 23.3 Å². The van der Waals surface area contributed by atoms with Crippen LogP contribution < -0.4 is 10.1 Å². The molecule has 6 nitrogen and oxygen atoms in total. The van der Waals surface area contributed by atoms with Crippen molar-refractivity contribution in [2.75, 3.05) is 18.9 Å². The van der Waals surface area contributed by atoms with Gasteiger partial charge in [0, 0.05) is 6.07 Å². The number of amides is 1. The van der Waals surface area contributed by atoms with Crippen molar-refractivity contribution in [3.8, 4) is 16.5 Å². The second-order valence-electron chi connectivity index (χ2n) is 4.89. The Bertz CT molecular complexity index is 823. The van der Waals surface area contributed by atoms with Gasteiger partial charge in [-0.15, -0.1) is 16.4 Å². The molecule has 130 valence electrons. The van der Waals surface area contributed by atoms with Crippen molar-refractivity contribution in [1.29, 1.82) is 0 Å². The van der Waals surface area contributed by atoms with Gasteiger partial charge >= 0.3 is 0 Å². The Labute approximate surface area is 151 Å². The number of nitrogens with zero attached hydrogens (tertiary/aromatic N) is 2. The van der Waals surface area contributed by atoms with E-state index in [0.717, 1.165) is 4.88 Å². The Kier molecular flexibility index (Phi) is 6.02. The minimum atomic E-state index is -0.355. The van der Waals surface area contributed by atoms with Crippen LogP contribution in [0.2, 0.25) is 0 Å². The summed E-state index contributed by atoms with van der Waals surface area (Å²) in [5, 5.41) is 12.1. The molecule has 3 aromatic rings. The highest BCUT2D eigenvalue weighted by molar-refractivity contribution is 7.99. The number of aromatic amines is 1. The van der Waals surface area contributed by atoms with E-state index in [1.165, 1.54) is 23.9 Å². The van der Waals surface area contributed by atoms with Crippen LogP contribution in [0, 0.1) is 5.82 Å². The maximum absolute atomic E-state index is 13.0. The second kappa shape index (κ2) is 8.63. The number of carbonyl (C=O) groups is 1. The lowest BCUT2D eigenvalue weighted by Crippen LogP contribution is -2.29. The van der Waals surface area contributed by atoms with E-state index in [2.05, 4.69) is 20.5 Å². The van der Waals surface area contributed by atoms with E-state index in [1.807, 2.05) is 17.5 Å². The molecule has 0 saturated heterocycles. The van der Waals surface area contributed by atoms with Crippen molar-refractivity contribution in [2.24, 2.45) is 0 Å². The van der Waals surface area contributed by atoms with Gasteiger partial charge in [-0.25, -0.2) is 9.37 Å². The van der Waals surface area contributed by atoms with Crippen LogP contribution in [0.3, 0.4) is 0 Å². The van der Waals surface area contributed by atoms with Crippen LogP contribution in [-0.2, 0) is 4.79 Å². The zero-order chi connectivity index (χ0) is 17.5. The molecule has 0 spiro atoms. The van der Waals surface area contributed by atoms with Crippen LogP contribution in [-0.4, -0.2) is 40.0 Å². The third-order valence-electron chi connectivity index (χ3n) is 3.04. The fourth-order valence-electron chi connectivity index (χ4n) is 1.93. The molecule has 9 heteroatoms. The van der Waals surface area contributed by atoms with Gasteiger partial charge in [-0.1, -0.05) is 23.9 Å². The SMILES string of the molecule is O=C(CSc1n[nH]c(-c2cccs2)n1)NCCOc1cccc(F)c1. The molecule has 0 aliphatic heterocycles. The lowest BCUT2D eigenvalue weighted by atomic mass is 10.3.